The van der Waals surface area contributed by atoms with E-state index in [1.165, 1.54) is 21.6 Å². The third-order valence-corrected chi connectivity index (χ3v) is 3.17. The van der Waals surface area contributed by atoms with Crippen LogP contribution in [0.5, 0.6) is 0 Å². The van der Waals surface area contributed by atoms with Crippen LogP contribution in [0.2, 0.25) is 0 Å². The van der Waals surface area contributed by atoms with Gasteiger partial charge in [0.2, 0.25) is 0 Å². The average Bonchev–Trinajstić information content (AvgIpc) is 2.96. The number of benzene rings is 2. The quantitative estimate of drug-likeness (QED) is 0.543. The molecule has 2 N–H and O–H groups in total. The van der Waals surface area contributed by atoms with Crippen LogP contribution in [0.15, 0.2) is 48.5 Å². The van der Waals surface area contributed by atoms with Crippen LogP contribution in [-0.4, -0.2) is 28.8 Å². The molecule has 0 aliphatic carbocycles. The molecular weight excluding hydrogens is 450 g/mol. The molecule has 2 aromatic carbocycles. The molecule has 0 fully saturated rings. The average molecular weight is 467 g/mol. The summed E-state index contributed by atoms with van der Waals surface area (Å²) in [7, 11) is 2.00. The summed E-state index contributed by atoms with van der Waals surface area (Å²) in [5.41, 5.74) is 2.10. The van der Waals surface area contributed by atoms with E-state index < -0.39 is 0 Å². The van der Waals surface area contributed by atoms with Crippen LogP contribution in [0.1, 0.15) is 0 Å². The van der Waals surface area contributed by atoms with Gasteiger partial charge < -0.3 is 10.2 Å². The fourth-order valence-corrected chi connectivity index (χ4v) is 2.41. The van der Waals surface area contributed by atoms with Gasteiger partial charge in [-0.3, -0.25) is 0 Å². The fraction of sp³-hybridized carbons (Fsp3) is 0.133. The van der Waals surface area contributed by atoms with Crippen LogP contribution < -0.4 is 0 Å². The summed E-state index contributed by atoms with van der Waals surface area (Å²) in [6.07, 6.45) is 0. The number of nitrogens with zero attached hydrogens (tertiary/aromatic N) is 1. The van der Waals surface area contributed by atoms with Gasteiger partial charge in [0.15, 0.2) is 0 Å². The van der Waals surface area contributed by atoms with Crippen LogP contribution in [0, 0.1) is 6.07 Å². The molecular formula is C15H16IrNO2S-. The molecule has 0 amide bonds. The summed E-state index contributed by atoms with van der Waals surface area (Å²) in [4.78, 5) is 0. The predicted molar refractivity (Wildman–Crippen MR) is 80.2 cm³/mol. The maximum atomic E-state index is 7.00. The first kappa shape index (κ1) is 18.9. The topological polar surface area (TPSA) is 53.4 Å². The molecule has 1 aromatic heterocycles. The van der Waals surface area contributed by atoms with Gasteiger partial charge in [-0.2, -0.15) is 0 Å². The molecule has 0 spiro atoms. The Bertz CT molecular complexity index is 599. The minimum Gasteiger partial charge on any atom is -0.400 e. The van der Waals surface area contributed by atoms with Crippen molar-refractivity contribution in [3.8, 4) is 11.3 Å². The molecule has 20 heavy (non-hydrogen) atoms. The van der Waals surface area contributed by atoms with Crippen molar-refractivity contribution < 1.29 is 30.3 Å². The molecule has 0 saturated carbocycles. The first-order valence-corrected chi connectivity index (χ1v) is 6.43. The predicted octanol–water partition coefficient (Wildman–Crippen LogP) is 2.98. The molecule has 0 saturated heterocycles. The Morgan fingerprint density at radius 2 is 1.60 bits per heavy atom. The largest absolute Gasteiger partial charge is 0.400 e. The third kappa shape index (κ3) is 4.47. The fourth-order valence-electron chi connectivity index (χ4n) is 1.62. The number of rotatable bonds is 1. The summed E-state index contributed by atoms with van der Waals surface area (Å²) in [5.74, 6) is 0. The van der Waals surface area contributed by atoms with E-state index in [1.54, 1.807) is 0 Å². The van der Waals surface area contributed by atoms with Crippen molar-refractivity contribution >= 4 is 21.6 Å². The van der Waals surface area contributed by atoms with Crippen LogP contribution in [0.3, 0.4) is 0 Å². The van der Waals surface area contributed by atoms with Crippen LogP contribution >= 0.6 is 11.5 Å². The maximum Gasteiger partial charge on any atom is 0.0454 e. The van der Waals surface area contributed by atoms with E-state index in [2.05, 4.69) is 22.6 Å². The number of fused-ring (bicyclic) bond motifs is 1. The third-order valence-electron chi connectivity index (χ3n) is 2.34. The second-order valence-corrected chi connectivity index (χ2v) is 4.11. The summed E-state index contributed by atoms with van der Waals surface area (Å²) in [5, 5.41) is 15.2. The number of aliphatic hydroxyl groups is 2. The first-order valence-electron chi connectivity index (χ1n) is 5.66. The molecule has 1 heterocycles. The van der Waals surface area contributed by atoms with Gasteiger partial charge in [-0.15, -0.1) is 35.9 Å². The van der Waals surface area contributed by atoms with E-state index in [0.717, 1.165) is 25.5 Å². The molecule has 3 nitrogen and oxygen atoms in total. The zero-order chi connectivity index (χ0) is 14.1. The Labute approximate surface area is 136 Å². The van der Waals surface area contributed by atoms with Gasteiger partial charge in [0.05, 0.1) is 0 Å². The van der Waals surface area contributed by atoms with Gasteiger partial charge >= 0.3 is 0 Å². The van der Waals surface area contributed by atoms with Crippen molar-refractivity contribution in [1.82, 2.24) is 4.37 Å². The Morgan fingerprint density at radius 1 is 0.950 bits per heavy atom. The number of hydrogen-bond acceptors (Lipinski definition) is 4. The Morgan fingerprint density at radius 3 is 2.25 bits per heavy atom. The molecule has 0 aliphatic rings. The van der Waals surface area contributed by atoms with Gasteiger partial charge in [-0.25, -0.2) is 4.37 Å². The van der Waals surface area contributed by atoms with Crippen molar-refractivity contribution in [2.45, 2.75) is 0 Å². The maximum absolute atomic E-state index is 7.00. The van der Waals surface area contributed by atoms with E-state index in [1.807, 2.05) is 36.4 Å². The molecule has 0 bridgehead atoms. The smallest absolute Gasteiger partial charge is 0.0454 e. The first-order chi connectivity index (χ1) is 9.45. The Hall–Kier alpha value is -1.10. The van der Waals surface area contributed by atoms with Gasteiger partial charge in [0.25, 0.3) is 0 Å². The molecule has 109 valence electrons. The monoisotopic (exact) mass is 467 g/mol. The molecule has 0 aliphatic heterocycles. The molecule has 0 atom stereocenters. The summed E-state index contributed by atoms with van der Waals surface area (Å²) >= 11 is 1.54. The standard InChI is InChI=1S/C13H8NS.2CH4O.Ir/c1-2-6-10(7-3-1)13-11-8-4-5-9-12(11)15-14-13;2*1-2;/h1-6,8-9H;2*2H,1H3;/q-1;;;. The van der Waals surface area contributed by atoms with E-state index in [0.29, 0.717) is 0 Å². The van der Waals surface area contributed by atoms with Gasteiger partial charge in [-0.05, 0) is 23.0 Å². The van der Waals surface area contributed by atoms with E-state index in [-0.39, 0.29) is 20.1 Å². The van der Waals surface area contributed by atoms with Gasteiger partial charge in [-0.1, -0.05) is 18.2 Å². The molecule has 3 rings (SSSR count). The Balaban J connectivity index is 0.000000667. The van der Waals surface area contributed by atoms with E-state index in [9.17, 15) is 0 Å². The molecule has 3 aromatic rings. The minimum atomic E-state index is 0. The minimum absolute atomic E-state index is 0. The summed E-state index contributed by atoms with van der Waals surface area (Å²) < 4.78 is 5.70. The zero-order valence-corrected chi connectivity index (χ0v) is 14.4. The van der Waals surface area contributed by atoms with Crippen LogP contribution in [-0.2, 0) is 20.1 Å². The van der Waals surface area contributed by atoms with Crippen molar-refractivity contribution in [3.05, 3.63) is 54.6 Å². The number of aliphatic hydroxyl groups excluding tert-OH is 2. The van der Waals surface area contributed by atoms with Crippen LogP contribution in [0.4, 0.5) is 0 Å². The van der Waals surface area contributed by atoms with E-state index in [4.69, 9.17) is 10.2 Å². The van der Waals surface area contributed by atoms with Gasteiger partial charge in [0.1, 0.15) is 0 Å². The van der Waals surface area contributed by atoms with Crippen molar-refractivity contribution in [2.24, 2.45) is 0 Å². The summed E-state index contributed by atoms with van der Waals surface area (Å²) in [6, 6.07) is 19.4. The SMILES string of the molecule is CO.CO.[Ir].[c-]1ccccc1-c1nsc2ccccc12. The van der Waals surface area contributed by atoms with Crippen molar-refractivity contribution in [1.29, 1.82) is 0 Å². The number of hydrogen-bond donors (Lipinski definition) is 2. The normalized spacial score (nSPS) is 8.60. The molecule has 0 unspecified atom stereocenters. The number of aromatic nitrogens is 1. The Kier molecular flexibility index (Phi) is 10.1. The summed E-state index contributed by atoms with van der Waals surface area (Å²) in [6.45, 7) is 0. The second kappa shape index (κ2) is 10.7. The molecule has 1 radical (unpaired) electrons. The second-order valence-electron chi connectivity index (χ2n) is 3.30. The van der Waals surface area contributed by atoms with E-state index >= 15 is 0 Å². The van der Waals surface area contributed by atoms with Crippen molar-refractivity contribution in [2.75, 3.05) is 14.2 Å². The van der Waals surface area contributed by atoms with Crippen molar-refractivity contribution in [3.63, 3.8) is 0 Å². The molecule has 5 heteroatoms. The zero-order valence-electron chi connectivity index (χ0n) is 11.2. The van der Waals surface area contributed by atoms with Gasteiger partial charge in [0, 0.05) is 44.7 Å². The van der Waals surface area contributed by atoms with Crippen LogP contribution in [0.25, 0.3) is 21.3 Å².